The van der Waals surface area contributed by atoms with E-state index in [0.717, 1.165) is 11.4 Å². The monoisotopic (exact) mass is 259 g/mol. The molecule has 2 aromatic rings. The molecule has 5 nitrogen and oxygen atoms in total. The predicted octanol–water partition coefficient (Wildman–Crippen LogP) is 1.53. The Labute approximate surface area is 112 Å². The fraction of sp³-hybridized carbons (Fsp3) is 0.286. The molecule has 5 heteroatoms. The van der Waals surface area contributed by atoms with Gasteiger partial charge in [-0.1, -0.05) is 18.2 Å². The molecular formula is C14H17N3O2. The number of amides is 1. The molecule has 0 aliphatic carbocycles. The van der Waals surface area contributed by atoms with Gasteiger partial charge in [0.1, 0.15) is 5.82 Å². The Bertz CT molecular complexity index is 523. The average Bonchev–Trinajstić information content (AvgIpc) is 2.93. The summed E-state index contributed by atoms with van der Waals surface area (Å²) in [6.07, 6.45) is 4.15. The Hall–Kier alpha value is -2.14. The third-order valence-corrected chi connectivity index (χ3v) is 2.76. The van der Waals surface area contributed by atoms with E-state index >= 15 is 0 Å². The van der Waals surface area contributed by atoms with Gasteiger partial charge in [0.2, 0.25) is 0 Å². The Morgan fingerprint density at radius 3 is 3.00 bits per heavy atom. The third kappa shape index (κ3) is 3.66. The molecule has 2 rings (SSSR count). The highest BCUT2D eigenvalue weighted by Gasteiger charge is 2.10. The van der Waals surface area contributed by atoms with Crippen LogP contribution in [0.15, 0.2) is 36.7 Å². The number of nitrogens with one attached hydrogen (secondary N) is 2. The summed E-state index contributed by atoms with van der Waals surface area (Å²) in [6, 6.07) is 7.44. The number of methoxy groups -OCH3 is 1. The normalized spacial score (nSPS) is 10.4. The van der Waals surface area contributed by atoms with Crippen LogP contribution in [0.5, 0.6) is 0 Å². The second-order valence-corrected chi connectivity index (χ2v) is 4.13. The maximum Gasteiger partial charge on any atom is 0.251 e. The Morgan fingerprint density at radius 1 is 1.42 bits per heavy atom. The lowest BCUT2D eigenvalue weighted by Crippen LogP contribution is -2.27. The number of carbonyl (C=O) groups is 1. The number of hydrogen-bond acceptors (Lipinski definition) is 3. The summed E-state index contributed by atoms with van der Waals surface area (Å²) in [5.74, 6) is 0.782. The summed E-state index contributed by atoms with van der Waals surface area (Å²) in [5.41, 5.74) is 1.55. The summed E-state index contributed by atoms with van der Waals surface area (Å²) < 4.78 is 5.09. The van der Waals surface area contributed by atoms with Gasteiger partial charge < -0.3 is 15.0 Å². The fourth-order valence-corrected chi connectivity index (χ4v) is 1.85. The minimum atomic E-state index is -0.0841. The first-order valence-electron chi connectivity index (χ1n) is 6.14. The smallest absolute Gasteiger partial charge is 0.251 e. The molecule has 0 atom stereocenters. The molecule has 0 aliphatic heterocycles. The molecule has 19 heavy (non-hydrogen) atoms. The van der Waals surface area contributed by atoms with E-state index in [1.807, 2.05) is 18.2 Å². The summed E-state index contributed by atoms with van der Waals surface area (Å²) >= 11 is 0. The van der Waals surface area contributed by atoms with Crippen molar-refractivity contribution in [3.8, 4) is 0 Å². The van der Waals surface area contributed by atoms with Gasteiger partial charge in [-0.15, -0.1) is 0 Å². The van der Waals surface area contributed by atoms with Crippen LogP contribution < -0.4 is 5.32 Å². The topological polar surface area (TPSA) is 67.0 Å². The molecular weight excluding hydrogens is 242 g/mol. The van der Waals surface area contributed by atoms with Crippen LogP contribution in [0, 0.1) is 0 Å². The van der Waals surface area contributed by atoms with Gasteiger partial charge in [-0.25, -0.2) is 4.98 Å². The van der Waals surface area contributed by atoms with Crippen molar-refractivity contribution < 1.29 is 9.53 Å². The van der Waals surface area contributed by atoms with Crippen molar-refractivity contribution in [3.05, 3.63) is 53.6 Å². The molecule has 0 saturated heterocycles. The average molecular weight is 259 g/mol. The van der Waals surface area contributed by atoms with E-state index in [1.165, 1.54) is 0 Å². The van der Waals surface area contributed by atoms with Gasteiger partial charge in [-0.2, -0.15) is 0 Å². The minimum Gasteiger partial charge on any atom is -0.380 e. The third-order valence-electron chi connectivity index (χ3n) is 2.76. The Kier molecular flexibility index (Phi) is 4.69. The molecule has 2 N–H and O–H groups in total. The number of aromatic amines is 1. The Balaban J connectivity index is 1.92. The number of ether oxygens (including phenoxy) is 1. The van der Waals surface area contributed by atoms with Crippen molar-refractivity contribution in [3.63, 3.8) is 0 Å². The molecule has 100 valence electrons. The minimum absolute atomic E-state index is 0.0841. The molecule has 0 fully saturated rings. The summed E-state index contributed by atoms with van der Waals surface area (Å²) in [7, 11) is 1.62. The highest BCUT2D eigenvalue weighted by Crippen LogP contribution is 2.09. The zero-order valence-corrected chi connectivity index (χ0v) is 10.8. The standard InChI is InChI=1S/C14H17N3O2/c1-19-10-11-4-2-3-5-12(11)14(18)17-7-6-13-15-8-9-16-13/h2-5,8-9H,6-7,10H2,1H3,(H,15,16)(H,17,18). The van der Waals surface area contributed by atoms with Crippen LogP contribution in [0.25, 0.3) is 0 Å². The molecule has 1 amide bonds. The first kappa shape index (κ1) is 13.3. The van der Waals surface area contributed by atoms with Gasteiger partial charge >= 0.3 is 0 Å². The van der Waals surface area contributed by atoms with Crippen molar-refractivity contribution in [1.29, 1.82) is 0 Å². The lowest BCUT2D eigenvalue weighted by atomic mass is 10.1. The van der Waals surface area contributed by atoms with Gasteiger partial charge in [0.25, 0.3) is 5.91 Å². The maximum absolute atomic E-state index is 12.1. The van der Waals surface area contributed by atoms with E-state index in [4.69, 9.17) is 4.74 Å². The number of benzene rings is 1. The van der Waals surface area contributed by atoms with Gasteiger partial charge in [-0.3, -0.25) is 4.79 Å². The largest absolute Gasteiger partial charge is 0.380 e. The maximum atomic E-state index is 12.1. The highest BCUT2D eigenvalue weighted by atomic mass is 16.5. The van der Waals surface area contributed by atoms with E-state index in [-0.39, 0.29) is 5.91 Å². The Morgan fingerprint density at radius 2 is 2.26 bits per heavy atom. The van der Waals surface area contributed by atoms with Gasteiger partial charge in [0.15, 0.2) is 0 Å². The molecule has 0 aliphatic rings. The summed E-state index contributed by atoms with van der Waals surface area (Å²) in [5, 5.41) is 2.88. The van der Waals surface area contributed by atoms with Crippen molar-refractivity contribution >= 4 is 5.91 Å². The molecule has 1 aromatic carbocycles. The number of rotatable bonds is 6. The second kappa shape index (κ2) is 6.70. The van der Waals surface area contributed by atoms with Crippen LogP contribution in [0.1, 0.15) is 21.7 Å². The van der Waals surface area contributed by atoms with Crippen LogP contribution in [-0.4, -0.2) is 29.5 Å². The van der Waals surface area contributed by atoms with Crippen LogP contribution in [0.4, 0.5) is 0 Å². The number of hydrogen-bond donors (Lipinski definition) is 2. The molecule has 0 saturated carbocycles. The SMILES string of the molecule is COCc1ccccc1C(=O)NCCc1ncc[nH]1. The fourth-order valence-electron chi connectivity index (χ4n) is 1.85. The summed E-state index contributed by atoms with van der Waals surface area (Å²) in [6.45, 7) is 0.982. The molecule has 0 unspecified atom stereocenters. The van der Waals surface area contributed by atoms with Gasteiger partial charge in [0.05, 0.1) is 6.61 Å². The zero-order chi connectivity index (χ0) is 13.5. The van der Waals surface area contributed by atoms with E-state index in [9.17, 15) is 4.79 Å². The zero-order valence-electron chi connectivity index (χ0n) is 10.8. The van der Waals surface area contributed by atoms with E-state index in [2.05, 4.69) is 15.3 Å². The number of carbonyl (C=O) groups excluding carboxylic acids is 1. The van der Waals surface area contributed by atoms with Crippen molar-refractivity contribution in [1.82, 2.24) is 15.3 Å². The quantitative estimate of drug-likeness (QED) is 0.826. The highest BCUT2D eigenvalue weighted by molar-refractivity contribution is 5.95. The lowest BCUT2D eigenvalue weighted by Gasteiger charge is -2.09. The van der Waals surface area contributed by atoms with Crippen molar-refractivity contribution in [2.75, 3.05) is 13.7 Å². The first-order chi connectivity index (χ1) is 9.31. The van der Waals surface area contributed by atoms with Crippen LogP contribution in [0.3, 0.4) is 0 Å². The van der Waals surface area contributed by atoms with E-state index in [1.54, 1.807) is 25.6 Å². The van der Waals surface area contributed by atoms with Crippen LogP contribution >= 0.6 is 0 Å². The molecule has 0 radical (unpaired) electrons. The van der Waals surface area contributed by atoms with E-state index in [0.29, 0.717) is 25.1 Å². The van der Waals surface area contributed by atoms with Crippen LogP contribution in [0.2, 0.25) is 0 Å². The van der Waals surface area contributed by atoms with Crippen molar-refractivity contribution in [2.45, 2.75) is 13.0 Å². The van der Waals surface area contributed by atoms with Gasteiger partial charge in [0, 0.05) is 38.0 Å². The summed E-state index contributed by atoms with van der Waals surface area (Å²) in [4.78, 5) is 19.2. The number of H-pyrrole nitrogens is 1. The molecule has 0 bridgehead atoms. The number of nitrogens with zero attached hydrogens (tertiary/aromatic N) is 1. The molecule has 1 aromatic heterocycles. The van der Waals surface area contributed by atoms with Crippen LogP contribution in [-0.2, 0) is 17.8 Å². The van der Waals surface area contributed by atoms with Gasteiger partial charge in [-0.05, 0) is 11.6 Å². The number of imidazole rings is 1. The van der Waals surface area contributed by atoms with E-state index < -0.39 is 0 Å². The molecule has 0 spiro atoms. The molecule has 1 heterocycles. The van der Waals surface area contributed by atoms with Crippen molar-refractivity contribution in [2.24, 2.45) is 0 Å². The lowest BCUT2D eigenvalue weighted by molar-refractivity contribution is 0.0949. The first-order valence-corrected chi connectivity index (χ1v) is 6.14. The second-order valence-electron chi connectivity index (χ2n) is 4.13. The number of aromatic nitrogens is 2. The predicted molar refractivity (Wildman–Crippen MR) is 71.8 cm³/mol.